The molecular formula is C26H36O3. The molecule has 158 valence electrons. The van der Waals surface area contributed by atoms with Crippen molar-refractivity contribution in [3.63, 3.8) is 0 Å². The predicted molar refractivity (Wildman–Crippen MR) is 120 cm³/mol. The van der Waals surface area contributed by atoms with Gasteiger partial charge in [-0.1, -0.05) is 100 Å². The summed E-state index contributed by atoms with van der Waals surface area (Å²) in [5.41, 5.74) is 4.36. The van der Waals surface area contributed by atoms with Gasteiger partial charge in [0.1, 0.15) is 0 Å². The van der Waals surface area contributed by atoms with E-state index in [4.69, 9.17) is 5.11 Å². The van der Waals surface area contributed by atoms with Crippen molar-refractivity contribution in [1.82, 2.24) is 0 Å². The molecule has 29 heavy (non-hydrogen) atoms. The average Bonchev–Trinajstić information content (AvgIpc) is 2.74. The van der Waals surface area contributed by atoms with Crippen LogP contribution in [0.15, 0.2) is 54.6 Å². The Labute approximate surface area is 176 Å². The standard InChI is InChI=1S/C26H36O3/c1-2-3-4-8-15-23-18-12-13-20-25(23)24(22-16-9-7-10-17-22)19-11-5-6-14-21-29-26(27)28/h7,9-10,12-13,16-18,20,24H,2-6,8,11,14-15,19,21H2,1H3,(H,27,28). The first-order valence-electron chi connectivity index (χ1n) is 11.2. The fraction of sp³-hybridized carbons (Fsp3) is 0.500. The maximum atomic E-state index is 10.4. The van der Waals surface area contributed by atoms with Crippen LogP contribution in [0.2, 0.25) is 0 Å². The van der Waals surface area contributed by atoms with Crippen molar-refractivity contribution >= 4 is 6.16 Å². The minimum Gasteiger partial charge on any atom is -0.450 e. The van der Waals surface area contributed by atoms with Crippen molar-refractivity contribution in [2.45, 2.75) is 77.0 Å². The van der Waals surface area contributed by atoms with Crippen LogP contribution < -0.4 is 0 Å². The lowest BCUT2D eigenvalue weighted by Gasteiger charge is -2.21. The molecule has 0 aliphatic heterocycles. The van der Waals surface area contributed by atoms with E-state index >= 15 is 0 Å². The summed E-state index contributed by atoms with van der Waals surface area (Å²) in [6, 6.07) is 19.8. The van der Waals surface area contributed by atoms with E-state index in [1.807, 2.05) is 0 Å². The molecule has 1 N–H and O–H groups in total. The zero-order valence-electron chi connectivity index (χ0n) is 17.8. The van der Waals surface area contributed by atoms with Crippen LogP contribution >= 0.6 is 0 Å². The predicted octanol–water partition coefficient (Wildman–Crippen LogP) is 7.59. The topological polar surface area (TPSA) is 46.5 Å². The molecule has 0 radical (unpaired) electrons. The summed E-state index contributed by atoms with van der Waals surface area (Å²) >= 11 is 0. The molecule has 2 rings (SSSR count). The number of benzene rings is 2. The van der Waals surface area contributed by atoms with Gasteiger partial charge in [-0.15, -0.1) is 0 Å². The van der Waals surface area contributed by atoms with Crippen LogP contribution in [0.4, 0.5) is 4.79 Å². The number of aryl methyl sites for hydroxylation is 1. The van der Waals surface area contributed by atoms with Crippen LogP contribution in [0.1, 0.15) is 87.3 Å². The maximum Gasteiger partial charge on any atom is 0.505 e. The Hall–Kier alpha value is -2.29. The van der Waals surface area contributed by atoms with Gasteiger partial charge >= 0.3 is 6.16 Å². The molecule has 0 spiro atoms. The number of ether oxygens (including phenoxy) is 1. The van der Waals surface area contributed by atoms with E-state index in [1.165, 1.54) is 42.4 Å². The third-order valence-corrected chi connectivity index (χ3v) is 5.54. The Morgan fingerprint density at radius 1 is 0.862 bits per heavy atom. The molecule has 0 fully saturated rings. The summed E-state index contributed by atoms with van der Waals surface area (Å²) in [5, 5.41) is 8.54. The monoisotopic (exact) mass is 396 g/mol. The van der Waals surface area contributed by atoms with Crippen molar-refractivity contribution in [3.8, 4) is 0 Å². The second kappa shape index (κ2) is 13.8. The first-order chi connectivity index (χ1) is 14.2. The van der Waals surface area contributed by atoms with Crippen molar-refractivity contribution in [1.29, 1.82) is 0 Å². The van der Waals surface area contributed by atoms with Gasteiger partial charge in [0.15, 0.2) is 0 Å². The molecule has 0 saturated carbocycles. The Morgan fingerprint density at radius 3 is 2.31 bits per heavy atom. The van der Waals surface area contributed by atoms with Gasteiger partial charge in [0.2, 0.25) is 0 Å². The fourth-order valence-electron chi connectivity index (χ4n) is 3.99. The zero-order valence-corrected chi connectivity index (χ0v) is 17.8. The first kappa shape index (κ1) is 23.0. The van der Waals surface area contributed by atoms with E-state index in [2.05, 4.69) is 66.3 Å². The molecule has 0 heterocycles. The van der Waals surface area contributed by atoms with Crippen LogP contribution in [0.3, 0.4) is 0 Å². The maximum absolute atomic E-state index is 10.4. The SMILES string of the molecule is CCCCCCc1ccccc1C(CCCCCCOC(=O)O)c1ccccc1. The van der Waals surface area contributed by atoms with Gasteiger partial charge in [-0.2, -0.15) is 0 Å². The molecule has 0 bridgehead atoms. The highest BCUT2D eigenvalue weighted by atomic mass is 16.7. The Kier molecular flexibility index (Phi) is 11.0. The van der Waals surface area contributed by atoms with E-state index in [0.29, 0.717) is 12.5 Å². The van der Waals surface area contributed by atoms with Gasteiger partial charge in [0, 0.05) is 5.92 Å². The van der Waals surface area contributed by atoms with Gasteiger partial charge in [0.05, 0.1) is 6.61 Å². The van der Waals surface area contributed by atoms with Crippen molar-refractivity contribution in [3.05, 3.63) is 71.3 Å². The molecule has 0 aromatic heterocycles. The summed E-state index contributed by atoms with van der Waals surface area (Å²) in [5.74, 6) is 0.425. The van der Waals surface area contributed by atoms with Crippen LogP contribution in [0.5, 0.6) is 0 Å². The Morgan fingerprint density at radius 2 is 1.55 bits per heavy atom. The number of unbranched alkanes of at least 4 members (excludes halogenated alkanes) is 6. The summed E-state index contributed by atoms with van der Waals surface area (Å²) < 4.78 is 4.60. The van der Waals surface area contributed by atoms with Crippen LogP contribution in [-0.4, -0.2) is 17.9 Å². The molecule has 3 heteroatoms. The quantitative estimate of drug-likeness (QED) is 0.264. The fourth-order valence-corrected chi connectivity index (χ4v) is 3.99. The van der Waals surface area contributed by atoms with Crippen molar-refractivity contribution in [2.75, 3.05) is 6.61 Å². The van der Waals surface area contributed by atoms with Crippen molar-refractivity contribution < 1.29 is 14.6 Å². The Bertz CT molecular complexity index is 696. The molecule has 0 aliphatic rings. The third kappa shape index (κ3) is 8.72. The second-order valence-corrected chi connectivity index (χ2v) is 7.79. The molecule has 1 unspecified atom stereocenters. The summed E-state index contributed by atoms with van der Waals surface area (Å²) in [6.45, 7) is 2.56. The number of rotatable bonds is 14. The lowest BCUT2D eigenvalue weighted by Crippen LogP contribution is -2.06. The molecule has 0 saturated heterocycles. The number of hydrogen-bond acceptors (Lipinski definition) is 2. The smallest absolute Gasteiger partial charge is 0.450 e. The number of carbonyl (C=O) groups is 1. The molecule has 0 amide bonds. The van der Waals surface area contributed by atoms with E-state index in [1.54, 1.807) is 0 Å². The highest BCUT2D eigenvalue weighted by Gasteiger charge is 2.17. The minimum absolute atomic E-state index is 0.304. The van der Waals surface area contributed by atoms with Crippen LogP contribution in [0, 0.1) is 0 Å². The van der Waals surface area contributed by atoms with E-state index in [-0.39, 0.29) is 0 Å². The van der Waals surface area contributed by atoms with Crippen molar-refractivity contribution in [2.24, 2.45) is 0 Å². The molecule has 3 nitrogen and oxygen atoms in total. The van der Waals surface area contributed by atoms with Gasteiger partial charge < -0.3 is 9.84 Å². The normalized spacial score (nSPS) is 11.9. The number of carboxylic acid groups (broad SMARTS) is 1. The molecule has 0 aliphatic carbocycles. The summed E-state index contributed by atoms with van der Waals surface area (Å²) in [4.78, 5) is 10.4. The minimum atomic E-state index is -1.18. The lowest BCUT2D eigenvalue weighted by molar-refractivity contribution is 0.0899. The lowest BCUT2D eigenvalue weighted by atomic mass is 9.83. The molecule has 1 atom stereocenters. The molecule has 2 aromatic carbocycles. The molecule has 2 aromatic rings. The van der Waals surface area contributed by atoms with Gasteiger partial charge in [-0.3, -0.25) is 0 Å². The van der Waals surface area contributed by atoms with E-state index in [9.17, 15) is 4.79 Å². The highest BCUT2D eigenvalue weighted by Crippen LogP contribution is 2.33. The van der Waals surface area contributed by atoms with Gasteiger partial charge in [-0.05, 0) is 42.4 Å². The first-order valence-corrected chi connectivity index (χ1v) is 11.2. The number of hydrogen-bond donors (Lipinski definition) is 1. The highest BCUT2D eigenvalue weighted by molar-refractivity contribution is 5.56. The summed E-state index contributed by atoms with van der Waals surface area (Å²) in [7, 11) is 0. The molecular weight excluding hydrogens is 360 g/mol. The average molecular weight is 397 g/mol. The Balaban J connectivity index is 1.99. The third-order valence-electron chi connectivity index (χ3n) is 5.54. The van der Waals surface area contributed by atoms with E-state index < -0.39 is 6.16 Å². The zero-order chi connectivity index (χ0) is 20.7. The van der Waals surface area contributed by atoms with Gasteiger partial charge in [-0.25, -0.2) is 4.79 Å². The summed E-state index contributed by atoms with van der Waals surface area (Å²) in [6.07, 6.45) is 10.3. The second-order valence-electron chi connectivity index (χ2n) is 7.79. The van der Waals surface area contributed by atoms with Gasteiger partial charge in [0.25, 0.3) is 0 Å². The van der Waals surface area contributed by atoms with Crippen LogP contribution in [-0.2, 0) is 11.2 Å². The van der Waals surface area contributed by atoms with Crippen LogP contribution in [0.25, 0.3) is 0 Å². The van der Waals surface area contributed by atoms with E-state index in [0.717, 1.165) is 38.5 Å². The largest absolute Gasteiger partial charge is 0.505 e.